The minimum absolute atomic E-state index is 0.0632. The number of nitrogens with one attached hydrogen (secondary N) is 1. The minimum Gasteiger partial charge on any atom is -0.328 e. The monoisotopic (exact) mass is 292 g/mol. The Balaban J connectivity index is 2.93. The largest absolute Gasteiger partial charge is 0.328 e. The van der Waals surface area contributed by atoms with E-state index in [0.717, 1.165) is 6.07 Å². The van der Waals surface area contributed by atoms with Gasteiger partial charge in [-0.3, -0.25) is 0 Å². The fourth-order valence-electron chi connectivity index (χ4n) is 1.01. The molecule has 0 radical (unpaired) electrons. The molecule has 6 heteroatoms. The fourth-order valence-corrected chi connectivity index (χ4v) is 1.51. The van der Waals surface area contributed by atoms with Crippen LogP contribution in [0.25, 0.3) is 0 Å². The third-order valence-corrected chi connectivity index (χ3v) is 2.69. The maximum Gasteiger partial charge on any atom is 0.321 e. The Morgan fingerprint density at radius 3 is 2.62 bits per heavy atom. The number of urea groups is 1. The lowest BCUT2D eigenvalue weighted by molar-refractivity contribution is 0.224. The smallest absolute Gasteiger partial charge is 0.321 e. The van der Waals surface area contributed by atoms with Gasteiger partial charge in [-0.1, -0.05) is 0 Å². The van der Waals surface area contributed by atoms with Crippen LogP contribution in [0.1, 0.15) is 6.92 Å². The summed E-state index contributed by atoms with van der Waals surface area (Å²) in [4.78, 5) is 12.8. The summed E-state index contributed by atoms with van der Waals surface area (Å²) in [6.45, 7) is 2.28. The molecule has 3 nitrogen and oxygen atoms in total. The second kappa shape index (κ2) is 5.25. The van der Waals surface area contributed by atoms with Crippen LogP contribution in [-0.2, 0) is 0 Å². The van der Waals surface area contributed by atoms with Crippen molar-refractivity contribution in [3.8, 4) is 0 Å². The minimum atomic E-state index is -0.815. The number of amides is 2. The summed E-state index contributed by atoms with van der Waals surface area (Å²) in [5, 5.41) is 2.35. The highest BCUT2D eigenvalue weighted by Gasteiger charge is 2.14. The molecule has 1 N–H and O–H groups in total. The van der Waals surface area contributed by atoms with Crippen molar-refractivity contribution in [3.63, 3.8) is 0 Å². The molecule has 0 aromatic heterocycles. The van der Waals surface area contributed by atoms with Crippen LogP contribution < -0.4 is 5.32 Å². The van der Waals surface area contributed by atoms with Crippen LogP contribution in [-0.4, -0.2) is 24.5 Å². The first-order valence-electron chi connectivity index (χ1n) is 4.62. The average molecular weight is 293 g/mol. The molecule has 0 unspecified atom stereocenters. The van der Waals surface area contributed by atoms with E-state index in [0.29, 0.717) is 12.6 Å². The standard InChI is InChI=1S/C10H11BrF2N2O/c1-3-15(2)10(16)14-9-7(11)4-6(12)5-8(9)13/h4-5H,3H2,1-2H3,(H,14,16). The van der Waals surface area contributed by atoms with Crippen LogP contribution in [0.2, 0.25) is 0 Å². The van der Waals surface area contributed by atoms with Crippen molar-refractivity contribution in [2.45, 2.75) is 6.92 Å². The summed E-state index contributed by atoms with van der Waals surface area (Å²) in [5.74, 6) is -1.52. The normalized spacial score (nSPS) is 10.1. The first kappa shape index (κ1) is 12.9. The first-order valence-corrected chi connectivity index (χ1v) is 5.41. The lowest BCUT2D eigenvalue weighted by Gasteiger charge is -2.16. The summed E-state index contributed by atoms with van der Waals surface area (Å²) < 4.78 is 26.3. The highest BCUT2D eigenvalue weighted by atomic mass is 79.9. The van der Waals surface area contributed by atoms with Gasteiger partial charge < -0.3 is 10.2 Å². The Morgan fingerprint density at radius 1 is 1.50 bits per heavy atom. The maximum atomic E-state index is 13.3. The summed E-state index contributed by atoms with van der Waals surface area (Å²) >= 11 is 2.98. The van der Waals surface area contributed by atoms with Gasteiger partial charge in [0.25, 0.3) is 0 Å². The SMILES string of the molecule is CCN(C)C(=O)Nc1c(F)cc(F)cc1Br. The molecule has 0 saturated carbocycles. The second-order valence-corrected chi connectivity index (χ2v) is 4.04. The van der Waals surface area contributed by atoms with Crippen molar-refractivity contribution in [2.75, 3.05) is 18.9 Å². The van der Waals surface area contributed by atoms with Crippen molar-refractivity contribution < 1.29 is 13.6 Å². The number of hydrogen-bond donors (Lipinski definition) is 1. The highest BCUT2D eigenvalue weighted by molar-refractivity contribution is 9.10. The van der Waals surface area contributed by atoms with Gasteiger partial charge in [0, 0.05) is 24.1 Å². The maximum absolute atomic E-state index is 13.3. The van der Waals surface area contributed by atoms with Crippen molar-refractivity contribution in [1.82, 2.24) is 4.90 Å². The fraction of sp³-hybridized carbons (Fsp3) is 0.300. The third-order valence-electron chi connectivity index (χ3n) is 2.06. The molecular weight excluding hydrogens is 282 g/mol. The molecule has 0 saturated heterocycles. The van der Waals surface area contributed by atoms with E-state index in [1.54, 1.807) is 14.0 Å². The Labute approximate surface area is 101 Å². The Bertz CT molecular complexity index is 389. The van der Waals surface area contributed by atoms with Crippen molar-refractivity contribution in [3.05, 3.63) is 28.2 Å². The predicted molar refractivity (Wildman–Crippen MR) is 61.4 cm³/mol. The molecule has 0 fully saturated rings. The Morgan fingerprint density at radius 2 is 2.12 bits per heavy atom. The molecule has 16 heavy (non-hydrogen) atoms. The van der Waals surface area contributed by atoms with Crippen LogP contribution in [0.3, 0.4) is 0 Å². The molecular formula is C10H11BrF2N2O. The van der Waals surface area contributed by atoms with E-state index >= 15 is 0 Å². The molecule has 2 amide bonds. The number of halogens is 3. The third kappa shape index (κ3) is 2.91. The molecule has 1 rings (SSSR count). The van der Waals surface area contributed by atoms with E-state index in [9.17, 15) is 13.6 Å². The van der Waals surface area contributed by atoms with E-state index in [-0.39, 0.29) is 10.2 Å². The summed E-state index contributed by atoms with van der Waals surface area (Å²) in [7, 11) is 1.57. The molecule has 0 atom stereocenters. The Hall–Kier alpha value is -1.17. The van der Waals surface area contributed by atoms with Crippen LogP contribution in [0.4, 0.5) is 19.3 Å². The zero-order valence-corrected chi connectivity index (χ0v) is 10.4. The molecule has 88 valence electrons. The molecule has 0 aliphatic carbocycles. The van der Waals surface area contributed by atoms with Crippen molar-refractivity contribution in [2.24, 2.45) is 0 Å². The van der Waals surface area contributed by atoms with Gasteiger partial charge in [-0.2, -0.15) is 0 Å². The van der Waals surface area contributed by atoms with Gasteiger partial charge in [-0.15, -0.1) is 0 Å². The molecule has 1 aromatic carbocycles. The number of nitrogens with zero attached hydrogens (tertiary/aromatic N) is 1. The summed E-state index contributed by atoms with van der Waals surface area (Å²) in [6.07, 6.45) is 0. The van der Waals surface area contributed by atoms with Crippen LogP contribution >= 0.6 is 15.9 Å². The lowest BCUT2D eigenvalue weighted by atomic mass is 10.3. The summed E-state index contributed by atoms with van der Waals surface area (Å²) in [6, 6.07) is 1.35. The van der Waals surface area contributed by atoms with Gasteiger partial charge in [0.05, 0.1) is 5.69 Å². The van der Waals surface area contributed by atoms with Gasteiger partial charge >= 0.3 is 6.03 Å². The summed E-state index contributed by atoms with van der Waals surface area (Å²) in [5.41, 5.74) is -0.0632. The van der Waals surface area contributed by atoms with E-state index in [2.05, 4.69) is 21.2 Å². The lowest BCUT2D eigenvalue weighted by Crippen LogP contribution is -2.31. The van der Waals surface area contributed by atoms with E-state index < -0.39 is 17.7 Å². The number of rotatable bonds is 2. The molecule has 0 aliphatic heterocycles. The van der Waals surface area contributed by atoms with Crippen LogP contribution in [0, 0.1) is 11.6 Å². The van der Waals surface area contributed by atoms with Crippen LogP contribution in [0.15, 0.2) is 16.6 Å². The molecule has 0 spiro atoms. The zero-order chi connectivity index (χ0) is 12.3. The number of carbonyl (C=O) groups excluding carboxylic acids is 1. The number of anilines is 1. The van der Waals surface area contributed by atoms with Crippen molar-refractivity contribution in [1.29, 1.82) is 0 Å². The van der Waals surface area contributed by atoms with E-state index in [4.69, 9.17) is 0 Å². The van der Waals surface area contributed by atoms with Gasteiger partial charge in [0.15, 0.2) is 5.82 Å². The molecule has 0 aliphatic rings. The molecule has 0 heterocycles. The second-order valence-electron chi connectivity index (χ2n) is 3.19. The van der Waals surface area contributed by atoms with E-state index in [1.807, 2.05) is 0 Å². The topological polar surface area (TPSA) is 32.3 Å². The molecule has 0 bridgehead atoms. The highest BCUT2D eigenvalue weighted by Crippen LogP contribution is 2.26. The van der Waals surface area contributed by atoms with Crippen molar-refractivity contribution >= 4 is 27.6 Å². The number of benzene rings is 1. The number of carbonyl (C=O) groups is 1. The van der Waals surface area contributed by atoms with E-state index in [1.165, 1.54) is 4.90 Å². The van der Waals surface area contributed by atoms with Gasteiger partial charge in [0.1, 0.15) is 5.82 Å². The van der Waals surface area contributed by atoms with Crippen LogP contribution in [0.5, 0.6) is 0 Å². The Kier molecular flexibility index (Phi) is 4.23. The van der Waals surface area contributed by atoms with Gasteiger partial charge in [-0.05, 0) is 28.9 Å². The molecule has 1 aromatic rings. The van der Waals surface area contributed by atoms with Gasteiger partial charge in [0.2, 0.25) is 0 Å². The number of hydrogen-bond acceptors (Lipinski definition) is 1. The van der Waals surface area contributed by atoms with Gasteiger partial charge in [-0.25, -0.2) is 13.6 Å². The average Bonchev–Trinajstić information content (AvgIpc) is 2.21. The first-order chi connectivity index (χ1) is 7.45. The predicted octanol–water partition coefficient (Wildman–Crippen LogP) is 3.21. The quantitative estimate of drug-likeness (QED) is 0.892. The zero-order valence-electron chi connectivity index (χ0n) is 8.85.